The number of aliphatic carboxylic acids is 1. The lowest BCUT2D eigenvalue weighted by Crippen LogP contribution is -2.41. The Morgan fingerprint density at radius 1 is 1.29 bits per heavy atom. The molecule has 1 aliphatic rings. The van der Waals surface area contributed by atoms with Crippen LogP contribution < -0.4 is 0 Å². The van der Waals surface area contributed by atoms with Gasteiger partial charge in [0.15, 0.2) is 0 Å². The summed E-state index contributed by atoms with van der Waals surface area (Å²) in [7, 11) is 0. The van der Waals surface area contributed by atoms with Gasteiger partial charge in [-0.15, -0.1) is 0 Å². The fraction of sp³-hybridized carbons (Fsp3) is 0.929. The average molecular weight is 241 g/mol. The van der Waals surface area contributed by atoms with Crippen LogP contribution in [0.4, 0.5) is 0 Å². The Hall–Kier alpha value is -0.570. The lowest BCUT2D eigenvalue weighted by Gasteiger charge is -2.31. The lowest BCUT2D eigenvalue weighted by atomic mass is 10.0. The number of carboxylic acid groups (broad SMARTS) is 1. The van der Waals surface area contributed by atoms with Gasteiger partial charge in [-0.3, -0.25) is 9.69 Å². The maximum atomic E-state index is 10.9. The van der Waals surface area contributed by atoms with Gasteiger partial charge in [0.1, 0.15) is 0 Å². The largest absolute Gasteiger partial charge is 0.480 e. The van der Waals surface area contributed by atoms with E-state index >= 15 is 0 Å². The summed E-state index contributed by atoms with van der Waals surface area (Å²) in [6.45, 7) is 7.75. The molecule has 1 N–H and O–H groups in total. The molecule has 3 nitrogen and oxygen atoms in total. The van der Waals surface area contributed by atoms with Crippen molar-refractivity contribution in [3.8, 4) is 0 Å². The van der Waals surface area contributed by atoms with Crippen molar-refractivity contribution < 1.29 is 9.90 Å². The molecule has 0 bridgehead atoms. The number of rotatable bonds is 5. The first-order chi connectivity index (χ1) is 7.99. The van der Waals surface area contributed by atoms with E-state index < -0.39 is 5.97 Å². The van der Waals surface area contributed by atoms with Crippen LogP contribution in [0.25, 0.3) is 0 Å². The first kappa shape index (κ1) is 14.5. The summed E-state index contributed by atoms with van der Waals surface area (Å²) in [5, 5.41) is 9.01. The van der Waals surface area contributed by atoms with Crippen molar-refractivity contribution >= 4 is 5.97 Å². The predicted octanol–water partition coefficient (Wildman–Crippen LogP) is 3.00. The summed E-state index contributed by atoms with van der Waals surface area (Å²) < 4.78 is 0. The molecule has 0 heterocycles. The van der Waals surface area contributed by atoms with Crippen molar-refractivity contribution in [3.05, 3.63) is 0 Å². The number of carbonyl (C=O) groups is 1. The van der Waals surface area contributed by atoms with Crippen molar-refractivity contribution in [2.75, 3.05) is 13.1 Å². The van der Waals surface area contributed by atoms with Gasteiger partial charge in [0.2, 0.25) is 0 Å². The Kier molecular flexibility index (Phi) is 5.96. The highest BCUT2D eigenvalue weighted by molar-refractivity contribution is 5.69. The molecule has 0 amide bonds. The second kappa shape index (κ2) is 7.00. The van der Waals surface area contributed by atoms with E-state index in [2.05, 4.69) is 25.7 Å². The van der Waals surface area contributed by atoms with Crippen LogP contribution >= 0.6 is 0 Å². The van der Waals surface area contributed by atoms with Crippen LogP contribution in [0.2, 0.25) is 0 Å². The quantitative estimate of drug-likeness (QED) is 0.752. The minimum atomic E-state index is -0.692. The molecule has 0 aromatic heterocycles. The van der Waals surface area contributed by atoms with E-state index in [4.69, 9.17) is 5.11 Å². The maximum Gasteiger partial charge on any atom is 0.317 e. The summed E-state index contributed by atoms with van der Waals surface area (Å²) in [6, 6.07) is 0.485. The molecule has 3 heteroatoms. The molecule has 100 valence electrons. The molecule has 0 aromatic rings. The lowest BCUT2D eigenvalue weighted by molar-refractivity contribution is -0.139. The Balaban J connectivity index is 2.57. The first-order valence-corrected chi connectivity index (χ1v) is 6.95. The normalized spacial score (nSPS) is 26.2. The zero-order chi connectivity index (χ0) is 12.8. The SMILES string of the molecule is CC(C)CN(CC(=O)O)C1CCCC(C)CC1. The van der Waals surface area contributed by atoms with Crippen LogP contribution in [0.3, 0.4) is 0 Å². The van der Waals surface area contributed by atoms with Crippen molar-refractivity contribution in [2.45, 2.75) is 58.9 Å². The van der Waals surface area contributed by atoms with Crippen LogP contribution in [0, 0.1) is 11.8 Å². The zero-order valence-corrected chi connectivity index (χ0v) is 11.5. The fourth-order valence-electron chi connectivity index (χ4n) is 2.82. The Labute approximate surface area is 105 Å². The number of hydrogen-bond acceptors (Lipinski definition) is 2. The third-order valence-electron chi connectivity index (χ3n) is 3.68. The van der Waals surface area contributed by atoms with Gasteiger partial charge >= 0.3 is 5.97 Å². The molecule has 1 aliphatic carbocycles. The smallest absolute Gasteiger partial charge is 0.317 e. The molecule has 2 atom stereocenters. The van der Waals surface area contributed by atoms with Crippen molar-refractivity contribution in [1.82, 2.24) is 4.90 Å². The van der Waals surface area contributed by atoms with Crippen LogP contribution in [0.1, 0.15) is 52.9 Å². The number of nitrogens with zero attached hydrogens (tertiary/aromatic N) is 1. The molecule has 2 unspecified atom stereocenters. The van der Waals surface area contributed by atoms with Crippen LogP contribution in [0.5, 0.6) is 0 Å². The minimum Gasteiger partial charge on any atom is -0.480 e. The molecule has 0 saturated heterocycles. The van der Waals surface area contributed by atoms with E-state index in [9.17, 15) is 4.79 Å². The van der Waals surface area contributed by atoms with E-state index in [0.29, 0.717) is 12.0 Å². The van der Waals surface area contributed by atoms with Gasteiger partial charge in [-0.1, -0.05) is 33.6 Å². The van der Waals surface area contributed by atoms with Crippen LogP contribution in [-0.2, 0) is 4.79 Å². The Morgan fingerprint density at radius 3 is 2.59 bits per heavy atom. The topological polar surface area (TPSA) is 40.5 Å². The zero-order valence-electron chi connectivity index (χ0n) is 11.5. The highest BCUT2D eigenvalue weighted by Gasteiger charge is 2.24. The van der Waals surface area contributed by atoms with E-state index in [1.807, 2.05) is 0 Å². The summed E-state index contributed by atoms with van der Waals surface area (Å²) in [6.07, 6.45) is 6.14. The monoisotopic (exact) mass is 241 g/mol. The third-order valence-corrected chi connectivity index (χ3v) is 3.68. The minimum absolute atomic E-state index is 0.206. The van der Waals surface area contributed by atoms with Crippen molar-refractivity contribution in [2.24, 2.45) is 11.8 Å². The molecule has 1 rings (SSSR count). The Morgan fingerprint density at radius 2 is 2.00 bits per heavy atom. The summed E-state index contributed by atoms with van der Waals surface area (Å²) >= 11 is 0. The van der Waals surface area contributed by atoms with Gasteiger partial charge in [-0.05, 0) is 31.1 Å². The number of carboxylic acids is 1. The van der Waals surface area contributed by atoms with Gasteiger partial charge in [0.25, 0.3) is 0 Å². The molecular weight excluding hydrogens is 214 g/mol. The van der Waals surface area contributed by atoms with Gasteiger partial charge < -0.3 is 5.11 Å². The van der Waals surface area contributed by atoms with E-state index in [-0.39, 0.29) is 6.54 Å². The first-order valence-electron chi connectivity index (χ1n) is 6.95. The summed E-state index contributed by atoms with van der Waals surface area (Å²) in [4.78, 5) is 13.1. The van der Waals surface area contributed by atoms with E-state index in [1.54, 1.807) is 0 Å². The highest BCUT2D eigenvalue weighted by atomic mass is 16.4. The fourth-order valence-corrected chi connectivity index (χ4v) is 2.82. The predicted molar refractivity (Wildman–Crippen MR) is 70.1 cm³/mol. The van der Waals surface area contributed by atoms with Gasteiger partial charge in [0.05, 0.1) is 6.54 Å². The van der Waals surface area contributed by atoms with Crippen molar-refractivity contribution in [1.29, 1.82) is 0 Å². The Bertz CT molecular complexity index is 240. The molecule has 0 spiro atoms. The van der Waals surface area contributed by atoms with Gasteiger partial charge in [-0.2, -0.15) is 0 Å². The maximum absolute atomic E-state index is 10.9. The van der Waals surface area contributed by atoms with Gasteiger partial charge in [-0.25, -0.2) is 0 Å². The molecule has 0 radical (unpaired) electrons. The van der Waals surface area contributed by atoms with E-state index in [0.717, 1.165) is 12.5 Å². The molecule has 1 fully saturated rings. The highest BCUT2D eigenvalue weighted by Crippen LogP contribution is 2.26. The van der Waals surface area contributed by atoms with Crippen molar-refractivity contribution in [3.63, 3.8) is 0 Å². The second-order valence-electron chi connectivity index (χ2n) is 5.98. The standard InChI is InChI=1S/C14H27NO2/c1-11(2)9-15(10-14(16)17)13-6-4-5-12(3)7-8-13/h11-13H,4-10H2,1-3H3,(H,16,17). The van der Waals surface area contributed by atoms with Gasteiger partial charge in [0, 0.05) is 12.6 Å². The molecule has 17 heavy (non-hydrogen) atoms. The molecule has 1 saturated carbocycles. The molecule has 0 aliphatic heterocycles. The van der Waals surface area contributed by atoms with E-state index in [1.165, 1.54) is 32.1 Å². The molecule has 0 aromatic carbocycles. The number of hydrogen-bond donors (Lipinski definition) is 1. The van der Waals surface area contributed by atoms with Crippen LogP contribution in [-0.4, -0.2) is 35.1 Å². The summed E-state index contributed by atoms with van der Waals surface area (Å²) in [5.41, 5.74) is 0. The average Bonchev–Trinajstić information content (AvgIpc) is 2.40. The summed E-state index contributed by atoms with van der Waals surface area (Å²) in [5.74, 6) is 0.656. The second-order valence-corrected chi connectivity index (χ2v) is 5.98. The third kappa shape index (κ3) is 5.53. The van der Waals surface area contributed by atoms with Crippen LogP contribution in [0.15, 0.2) is 0 Å². The molecular formula is C14H27NO2.